The number of para-hydroxylation sites is 1. The zero-order chi connectivity index (χ0) is 14.8. The number of aromatic hydroxyl groups is 1. The highest BCUT2D eigenvalue weighted by Crippen LogP contribution is 2.34. The van der Waals surface area contributed by atoms with Crippen LogP contribution in [0.4, 0.5) is 5.69 Å². The zero-order valence-corrected chi connectivity index (χ0v) is 11.1. The molecule has 0 aliphatic carbocycles. The van der Waals surface area contributed by atoms with Crippen LogP contribution in [0.5, 0.6) is 5.75 Å². The molecule has 2 N–H and O–H groups in total. The average Bonchev–Trinajstić information content (AvgIpc) is 2.97. The van der Waals surface area contributed by atoms with E-state index in [-0.39, 0.29) is 23.8 Å². The van der Waals surface area contributed by atoms with Crippen LogP contribution in [0, 0.1) is 10.1 Å². The maximum Gasteiger partial charge on any atom is 0.269 e. The van der Waals surface area contributed by atoms with E-state index in [0.29, 0.717) is 12.1 Å². The van der Waals surface area contributed by atoms with E-state index in [0.717, 1.165) is 5.56 Å². The molecule has 1 fully saturated rings. The van der Waals surface area contributed by atoms with Crippen molar-refractivity contribution in [1.82, 2.24) is 5.32 Å². The number of phenolic OH excluding ortho intramolecular Hbond substituents is 1. The number of rotatable bonds is 3. The molecule has 0 amide bonds. The van der Waals surface area contributed by atoms with Gasteiger partial charge >= 0.3 is 0 Å². The van der Waals surface area contributed by atoms with Gasteiger partial charge in [-0.05, 0) is 23.8 Å². The second-order valence-corrected chi connectivity index (χ2v) is 4.82. The van der Waals surface area contributed by atoms with E-state index in [9.17, 15) is 15.2 Å². The van der Waals surface area contributed by atoms with Crippen LogP contribution in [0.3, 0.4) is 0 Å². The molecule has 0 unspecified atom stereocenters. The van der Waals surface area contributed by atoms with Crippen LogP contribution in [-0.2, 0) is 4.74 Å². The molecule has 0 bridgehead atoms. The van der Waals surface area contributed by atoms with Crippen molar-refractivity contribution in [3.05, 3.63) is 69.8 Å². The number of non-ortho nitro benzene ring substituents is 1. The lowest BCUT2D eigenvalue weighted by Gasteiger charge is -2.14. The summed E-state index contributed by atoms with van der Waals surface area (Å²) in [5.41, 5.74) is 1.61. The lowest BCUT2D eigenvalue weighted by molar-refractivity contribution is -0.384. The number of nitrogens with zero attached hydrogens (tertiary/aromatic N) is 1. The number of benzene rings is 2. The predicted octanol–water partition coefficient (Wildman–Crippen LogP) is 2.66. The van der Waals surface area contributed by atoms with Crippen molar-refractivity contribution >= 4 is 5.69 Å². The SMILES string of the molecule is O=[N+]([O-])c1ccc([C@@H]2CN[C@@H](c3ccccc3O)O2)cc1. The van der Waals surface area contributed by atoms with Gasteiger partial charge in [-0.25, -0.2) is 0 Å². The Morgan fingerprint density at radius 3 is 2.57 bits per heavy atom. The van der Waals surface area contributed by atoms with Gasteiger partial charge in [-0.3, -0.25) is 15.4 Å². The third-order valence-electron chi connectivity index (χ3n) is 3.48. The minimum atomic E-state index is -0.428. The summed E-state index contributed by atoms with van der Waals surface area (Å²) < 4.78 is 5.87. The van der Waals surface area contributed by atoms with Crippen molar-refractivity contribution in [1.29, 1.82) is 0 Å². The summed E-state index contributed by atoms with van der Waals surface area (Å²) >= 11 is 0. The Bertz CT molecular complexity index is 657. The number of nitrogens with one attached hydrogen (secondary N) is 1. The molecule has 108 valence electrons. The summed E-state index contributed by atoms with van der Waals surface area (Å²) in [6.07, 6.45) is -0.582. The number of ether oxygens (including phenoxy) is 1. The third-order valence-corrected chi connectivity index (χ3v) is 3.48. The van der Waals surface area contributed by atoms with Gasteiger partial charge in [-0.2, -0.15) is 0 Å². The van der Waals surface area contributed by atoms with E-state index in [1.165, 1.54) is 12.1 Å². The molecule has 1 aliphatic rings. The Hall–Kier alpha value is -2.44. The minimum absolute atomic E-state index is 0.0574. The van der Waals surface area contributed by atoms with Gasteiger partial charge in [0.2, 0.25) is 0 Å². The van der Waals surface area contributed by atoms with Crippen LogP contribution < -0.4 is 5.32 Å². The lowest BCUT2D eigenvalue weighted by Crippen LogP contribution is -2.14. The molecule has 0 saturated carbocycles. The number of nitro benzene ring substituents is 1. The molecule has 2 aromatic rings. The van der Waals surface area contributed by atoms with E-state index in [4.69, 9.17) is 4.74 Å². The first-order valence-electron chi connectivity index (χ1n) is 6.56. The second kappa shape index (κ2) is 5.51. The second-order valence-electron chi connectivity index (χ2n) is 4.82. The van der Waals surface area contributed by atoms with Gasteiger partial charge in [0, 0.05) is 24.2 Å². The molecule has 0 spiro atoms. The topological polar surface area (TPSA) is 84.6 Å². The van der Waals surface area contributed by atoms with Crippen LogP contribution in [-0.4, -0.2) is 16.6 Å². The number of hydrogen-bond acceptors (Lipinski definition) is 5. The molecule has 0 radical (unpaired) electrons. The van der Waals surface area contributed by atoms with E-state index >= 15 is 0 Å². The van der Waals surface area contributed by atoms with Gasteiger partial charge in [-0.1, -0.05) is 18.2 Å². The summed E-state index contributed by atoms with van der Waals surface area (Å²) in [6.45, 7) is 0.580. The minimum Gasteiger partial charge on any atom is -0.508 e. The van der Waals surface area contributed by atoms with Gasteiger partial charge in [0.15, 0.2) is 0 Å². The number of phenols is 1. The zero-order valence-electron chi connectivity index (χ0n) is 11.1. The predicted molar refractivity (Wildman–Crippen MR) is 75.8 cm³/mol. The first-order chi connectivity index (χ1) is 10.1. The van der Waals surface area contributed by atoms with Crippen LogP contribution in [0.25, 0.3) is 0 Å². The first kappa shape index (κ1) is 13.5. The van der Waals surface area contributed by atoms with Crippen LogP contribution in [0.1, 0.15) is 23.5 Å². The van der Waals surface area contributed by atoms with Crippen molar-refractivity contribution in [3.63, 3.8) is 0 Å². The van der Waals surface area contributed by atoms with Gasteiger partial charge in [-0.15, -0.1) is 0 Å². The number of nitro groups is 1. The summed E-state index contributed by atoms with van der Waals surface area (Å²) in [6, 6.07) is 13.3. The van der Waals surface area contributed by atoms with Gasteiger partial charge in [0.1, 0.15) is 12.0 Å². The molecule has 2 aromatic carbocycles. The highest BCUT2D eigenvalue weighted by Gasteiger charge is 2.28. The van der Waals surface area contributed by atoms with E-state index < -0.39 is 4.92 Å². The molecule has 2 atom stereocenters. The Morgan fingerprint density at radius 1 is 1.19 bits per heavy atom. The van der Waals surface area contributed by atoms with Crippen LogP contribution in [0.2, 0.25) is 0 Å². The van der Waals surface area contributed by atoms with Crippen molar-refractivity contribution in [2.75, 3.05) is 6.54 Å². The van der Waals surface area contributed by atoms with E-state index in [1.807, 2.05) is 6.07 Å². The molecular formula is C15H14N2O4. The third kappa shape index (κ3) is 2.72. The van der Waals surface area contributed by atoms with Crippen molar-refractivity contribution in [2.45, 2.75) is 12.3 Å². The standard InChI is InChI=1S/C15H14N2O4/c18-13-4-2-1-3-12(13)15-16-9-14(21-15)10-5-7-11(8-6-10)17(19)20/h1-8,14-16,18H,9H2/t14-,15+/m0/s1. The Balaban J connectivity index is 1.75. The molecule has 0 aromatic heterocycles. The monoisotopic (exact) mass is 286 g/mol. The molecule has 6 nitrogen and oxygen atoms in total. The van der Waals surface area contributed by atoms with Gasteiger partial charge in [0.05, 0.1) is 11.0 Å². The Morgan fingerprint density at radius 2 is 1.90 bits per heavy atom. The van der Waals surface area contributed by atoms with Crippen LogP contribution in [0.15, 0.2) is 48.5 Å². The molecule has 21 heavy (non-hydrogen) atoms. The molecule has 6 heteroatoms. The fourth-order valence-electron chi connectivity index (χ4n) is 2.37. The maximum atomic E-state index is 10.6. The largest absolute Gasteiger partial charge is 0.508 e. The highest BCUT2D eigenvalue weighted by atomic mass is 16.6. The molecule has 3 rings (SSSR count). The molecule has 1 saturated heterocycles. The molecule has 1 heterocycles. The summed E-state index contributed by atoms with van der Waals surface area (Å²) in [7, 11) is 0. The summed E-state index contributed by atoms with van der Waals surface area (Å²) in [5.74, 6) is 0.180. The molecule has 1 aliphatic heterocycles. The first-order valence-corrected chi connectivity index (χ1v) is 6.56. The smallest absolute Gasteiger partial charge is 0.269 e. The van der Waals surface area contributed by atoms with Gasteiger partial charge in [0.25, 0.3) is 5.69 Å². The van der Waals surface area contributed by atoms with E-state index in [2.05, 4.69) is 5.32 Å². The normalized spacial score (nSPS) is 21.3. The van der Waals surface area contributed by atoms with Gasteiger partial charge < -0.3 is 9.84 Å². The van der Waals surface area contributed by atoms with Crippen molar-refractivity contribution < 1.29 is 14.8 Å². The molecular weight excluding hydrogens is 272 g/mol. The van der Waals surface area contributed by atoms with Crippen LogP contribution >= 0.6 is 0 Å². The Kier molecular flexibility index (Phi) is 3.55. The fraction of sp³-hybridized carbons (Fsp3) is 0.200. The average molecular weight is 286 g/mol. The number of hydrogen-bond donors (Lipinski definition) is 2. The van der Waals surface area contributed by atoms with Crippen molar-refractivity contribution in [3.8, 4) is 5.75 Å². The van der Waals surface area contributed by atoms with Crippen molar-refractivity contribution in [2.24, 2.45) is 0 Å². The maximum absolute atomic E-state index is 10.6. The summed E-state index contributed by atoms with van der Waals surface area (Å²) in [4.78, 5) is 10.2. The highest BCUT2D eigenvalue weighted by molar-refractivity contribution is 5.36. The summed E-state index contributed by atoms with van der Waals surface area (Å²) in [5, 5.41) is 23.7. The quantitative estimate of drug-likeness (QED) is 0.669. The lowest BCUT2D eigenvalue weighted by atomic mass is 10.1. The Labute approximate surface area is 121 Å². The fourth-order valence-corrected chi connectivity index (χ4v) is 2.37. The van der Waals surface area contributed by atoms with E-state index in [1.54, 1.807) is 30.3 Å².